The van der Waals surface area contributed by atoms with Crippen LogP contribution in [-0.4, -0.2) is 59.6 Å². The first kappa shape index (κ1) is 29.8. The van der Waals surface area contributed by atoms with Crippen LogP contribution in [0.15, 0.2) is 78.4 Å². The molecular formula is C32H38N4O5. The number of allylic oxidation sites excluding steroid dienone is 3. The second-order valence-electron chi connectivity index (χ2n) is 10.0. The predicted molar refractivity (Wildman–Crippen MR) is 159 cm³/mol. The van der Waals surface area contributed by atoms with Crippen molar-refractivity contribution in [1.82, 2.24) is 9.88 Å². The average Bonchev–Trinajstić information content (AvgIpc) is 3.50. The van der Waals surface area contributed by atoms with Crippen LogP contribution in [0.2, 0.25) is 0 Å². The van der Waals surface area contributed by atoms with Crippen molar-refractivity contribution in [3.63, 3.8) is 0 Å². The van der Waals surface area contributed by atoms with E-state index in [1.807, 2.05) is 13.0 Å². The van der Waals surface area contributed by atoms with Crippen molar-refractivity contribution in [3.8, 4) is 0 Å². The molecule has 3 heterocycles. The normalized spacial score (nSPS) is 18.0. The number of rotatable bonds is 13. The minimum absolute atomic E-state index is 0.0627. The molecule has 0 spiro atoms. The molecule has 0 radical (unpaired) electrons. The van der Waals surface area contributed by atoms with Gasteiger partial charge in [-0.25, -0.2) is 9.78 Å². The number of anilines is 1. The van der Waals surface area contributed by atoms with E-state index in [1.54, 1.807) is 25.1 Å². The second kappa shape index (κ2) is 13.9. The smallest absolute Gasteiger partial charge is 0.342 e. The Labute approximate surface area is 241 Å². The van der Waals surface area contributed by atoms with Crippen LogP contribution >= 0.6 is 0 Å². The summed E-state index contributed by atoms with van der Waals surface area (Å²) in [6.07, 6.45) is 4.51. The van der Waals surface area contributed by atoms with E-state index in [9.17, 15) is 9.90 Å². The zero-order valence-electron chi connectivity index (χ0n) is 23.7. The molecule has 0 amide bonds. The Morgan fingerprint density at radius 1 is 1.29 bits per heavy atom. The zero-order valence-corrected chi connectivity index (χ0v) is 23.7. The third-order valence-corrected chi connectivity index (χ3v) is 7.13. The summed E-state index contributed by atoms with van der Waals surface area (Å²) in [5, 5.41) is 19.8. The molecule has 0 saturated carbocycles. The third-order valence-electron chi connectivity index (χ3n) is 7.13. The number of carboxylic acid groups (broad SMARTS) is 1. The molecule has 4 rings (SSSR count). The third kappa shape index (κ3) is 7.31. The van der Waals surface area contributed by atoms with Crippen LogP contribution in [0.5, 0.6) is 0 Å². The Hall–Kier alpha value is -4.21. The summed E-state index contributed by atoms with van der Waals surface area (Å²) in [6, 6.07) is 12.3. The van der Waals surface area contributed by atoms with Gasteiger partial charge in [-0.2, -0.15) is 0 Å². The summed E-state index contributed by atoms with van der Waals surface area (Å²) < 4.78 is 17.4. The summed E-state index contributed by atoms with van der Waals surface area (Å²) >= 11 is 0. The van der Waals surface area contributed by atoms with Gasteiger partial charge in [0, 0.05) is 37.5 Å². The number of carboxylic acids is 1. The quantitative estimate of drug-likeness (QED) is 0.131. The number of pyridine rings is 1. The summed E-state index contributed by atoms with van der Waals surface area (Å²) in [6.45, 7) is 16.0. The zero-order chi connectivity index (χ0) is 29.4. The number of nitrogens with one attached hydrogen (secondary N) is 2. The van der Waals surface area contributed by atoms with Crippen LogP contribution in [0.4, 0.5) is 5.82 Å². The first-order valence-electron chi connectivity index (χ1n) is 13.8. The fourth-order valence-electron chi connectivity index (χ4n) is 5.06. The van der Waals surface area contributed by atoms with Gasteiger partial charge in [-0.3, -0.25) is 4.90 Å². The molecule has 1 aromatic carbocycles. The van der Waals surface area contributed by atoms with Crippen molar-refractivity contribution in [1.29, 1.82) is 5.41 Å². The van der Waals surface area contributed by atoms with Crippen molar-refractivity contribution < 1.29 is 24.1 Å². The molecule has 9 heteroatoms. The summed E-state index contributed by atoms with van der Waals surface area (Å²) in [7, 11) is 0. The van der Waals surface area contributed by atoms with Gasteiger partial charge in [-0.1, -0.05) is 43.5 Å². The highest BCUT2D eigenvalue weighted by molar-refractivity contribution is 6.08. The number of carbonyl (C=O) groups is 1. The lowest BCUT2D eigenvalue weighted by atomic mass is 9.96. The number of aromatic nitrogens is 1. The molecule has 1 aromatic heterocycles. The maximum atomic E-state index is 11.6. The summed E-state index contributed by atoms with van der Waals surface area (Å²) in [5.41, 5.74) is 5.42. The molecule has 216 valence electrons. The average molecular weight is 559 g/mol. The van der Waals surface area contributed by atoms with Crippen LogP contribution in [-0.2, 0) is 38.6 Å². The van der Waals surface area contributed by atoms with E-state index in [2.05, 4.69) is 46.6 Å². The first-order valence-corrected chi connectivity index (χ1v) is 13.8. The van der Waals surface area contributed by atoms with Gasteiger partial charge < -0.3 is 30.0 Å². The van der Waals surface area contributed by atoms with Crippen LogP contribution in [0.3, 0.4) is 0 Å². The highest BCUT2D eigenvalue weighted by Gasteiger charge is 2.26. The number of ether oxygens (including phenoxy) is 3. The Bertz CT molecular complexity index is 1370. The standard InChI is InChI=1S/C32H38N4O5/c1-5-26(28-8-7-9-29(34-28)35-31(40-6-2)27(17-33)32(37)38)30(21(3)4)41-19-22-10-11-24-18-36(14-12-23(24)16-22)25-13-15-39-20-25/h5,7-11,16-17,25,33H,1,3,6,12-15,18-20H2,2,4H3,(H,34,35)(H,37,38)/b30-26-,31-27-,33-17?. The van der Waals surface area contributed by atoms with Crippen LogP contribution in [0.1, 0.15) is 42.7 Å². The molecule has 2 aliphatic rings. The molecule has 1 saturated heterocycles. The molecule has 1 fully saturated rings. The lowest BCUT2D eigenvalue weighted by molar-refractivity contribution is -0.132. The molecule has 9 nitrogen and oxygen atoms in total. The molecule has 0 bridgehead atoms. The van der Waals surface area contributed by atoms with Crippen molar-refractivity contribution >= 4 is 23.6 Å². The molecular weight excluding hydrogens is 520 g/mol. The Kier molecular flexibility index (Phi) is 10.1. The van der Waals surface area contributed by atoms with Gasteiger partial charge in [-0.15, -0.1) is 0 Å². The fourth-order valence-corrected chi connectivity index (χ4v) is 5.06. The maximum absolute atomic E-state index is 11.6. The van der Waals surface area contributed by atoms with Crippen LogP contribution < -0.4 is 5.32 Å². The van der Waals surface area contributed by atoms with Crippen molar-refractivity contribution in [2.75, 3.05) is 31.7 Å². The lowest BCUT2D eigenvalue weighted by Crippen LogP contribution is -2.39. The molecule has 3 N–H and O–H groups in total. The van der Waals surface area contributed by atoms with Gasteiger partial charge >= 0.3 is 5.97 Å². The minimum Gasteiger partial charge on any atom is -0.488 e. The summed E-state index contributed by atoms with van der Waals surface area (Å²) in [4.78, 5) is 18.7. The Morgan fingerprint density at radius 2 is 2.12 bits per heavy atom. The fraction of sp³-hybridized carbons (Fsp3) is 0.344. The SMILES string of the molecule is C=C/C(=C(/OCc1ccc2c(c1)CCN(C1CCOC1)C2)C(=C)C)c1cccc(N/C(OCC)=C(\C=N)C(=O)O)n1. The molecule has 2 aromatic rings. The van der Waals surface area contributed by atoms with Gasteiger partial charge in [0.05, 0.1) is 18.9 Å². The van der Waals surface area contributed by atoms with Crippen molar-refractivity contribution in [2.24, 2.45) is 0 Å². The number of fused-ring (bicyclic) bond motifs is 1. The highest BCUT2D eigenvalue weighted by Crippen LogP contribution is 2.28. The Morgan fingerprint density at radius 3 is 2.78 bits per heavy atom. The monoisotopic (exact) mass is 558 g/mol. The van der Waals surface area contributed by atoms with Crippen LogP contribution in [0.25, 0.3) is 5.57 Å². The molecule has 41 heavy (non-hydrogen) atoms. The van der Waals surface area contributed by atoms with Crippen molar-refractivity contribution in [3.05, 3.63) is 101 Å². The number of hydrogen-bond donors (Lipinski definition) is 3. The molecule has 1 unspecified atom stereocenters. The first-order chi connectivity index (χ1) is 19.8. The van der Waals surface area contributed by atoms with Crippen LogP contribution in [0, 0.1) is 5.41 Å². The van der Waals surface area contributed by atoms with Gasteiger partial charge in [0.15, 0.2) is 0 Å². The maximum Gasteiger partial charge on any atom is 0.342 e. The van der Waals surface area contributed by atoms with E-state index in [1.165, 1.54) is 11.1 Å². The van der Waals surface area contributed by atoms with Crippen molar-refractivity contribution in [2.45, 2.75) is 45.9 Å². The minimum atomic E-state index is -1.28. The predicted octanol–water partition coefficient (Wildman–Crippen LogP) is 5.31. The number of benzene rings is 1. The lowest BCUT2D eigenvalue weighted by Gasteiger charge is -2.33. The number of nitrogens with zero attached hydrogens (tertiary/aromatic N) is 2. The largest absolute Gasteiger partial charge is 0.488 e. The Balaban J connectivity index is 1.53. The van der Waals surface area contributed by atoms with E-state index in [-0.39, 0.29) is 18.1 Å². The number of aliphatic carboxylic acids is 1. The van der Waals surface area contributed by atoms with Gasteiger partial charge in [0.25, 0.3) is 0 Å². The van der Waals surface area contributed by atoms with E-state index in [4.69, 9.17) is 19.6 Å². The van der Waals surface area contributed by atoms with E-state index in [0.29, 0.717) is 35.5 Å². The highest BCUT2D eigenvalue weighted by atomic mass is 16.5. The van der Waals surface area contributed by atoms with Gasteiger partial charge in [0.2, 0.25) is 5.88 Å². The van der Waals surface area contributed by atoms with E-state index in [0.717, 1.165) is 56.5 Å². The van der Waals surface area contributed by atoms with E-state index < -0.39 is 5.97 Å². The molecule has 2 aliphatic heterocycles. The topological polar surface area (TPSA) is 117 Å². The van der Waals surface area contributed by atoms with Gasteiger partial charge in [-0.05, 0) is 61.1 Å². The number of hydrogen-bond acceptors (Lipinski definition) is 8. The van der Waals surface area contributed by atoms with E-state index >= 15 is 0 Å². The molecule has 1 atom stereocenters. The second-order valence-corrected chi connectivity index (χ2v) is 10.0. The molecule has 0 aliphatic carbocycles. The van der Waals surface area contributed by atoms with Gasteiger partial charge in [0.1, 0.15) is 23.8 Å². The summed E-state index contributed by atoms with van der Waals surface area (Å²) in [5.74, 6) is -0.423.